The van der Waals surface area contributed by atoms with Crippen molar-refractivity contribution in [1.29, 1.82) is 0 Å². The molecule has 0 N–H and O–H groups in total. The van der Waals surface area contributed by atoms with Crippen LogP contribution in [0.15, 0.2) is 41.4 Å². The molecule has 14 heteroatoms. The van der Waals surface area contributed by atoms with Gasteiger partial charge in [-0.25, -0.2) is 0 Å². The van der Waals surface area contributed by atoms with Gasteiger partial charge in [0.15, 0.2) is 5.82 Å². The maximum absolute atomic E-state index is 13.8. The Kier molecular flexibility index (Phi) is 4.94. The summed E-state index contributed by atoms with van der Waals surface area (Å²) in [6, 6.07) is 5.62. The lowest BCUT2D eigenvalue weighted by Crippen LogP contribution is -2.38. The van der Waals surface area contributed by atoms with E-state index in [1.165, 1.54) is 18.2 Å². The first-order chi connectivity index (χ1) is 14.6. The first-order valence-corrected chi connectivity index (χ1v) is 10.7. The van der Waals surface area contributed by atoms with Gasteiger partial charge >= 0.3 is 11.8 Å². The van der Waals surface area contributed by atoms with Crippen molar-refractivity contribution in [3.05, 3.63) is 47.2 Å². The summed E-state index contributed by atoms with van der Waals surface area (Å²) in [7, 11) is -4.57. The minimum absolute atomic E-state index is 0.100. The number of benzene rings is 1. The Hall–Kier alpha value is -2.54. The molecule has 0 unspecified atom stereocenters. The summed E-state index contributed by atoms with van der Waals surface area (Å²) in [6.45, 7) is -2.22. The van der Waals surface area contributed by atoms with Crippen LogP contribution < -0.4 is 4.90 Å². The molecule has 4 rings (SSSR count). The van der Waals surface area contributed by atoms with Gasteiger partial charge in [0, 0.05) is 13.1 Å². The Morgan fingerprint density at radius 1 is 1.06 bits per heavy atom. The van der Waals surface area contributed by atoms with Gasteiger partial charge in [0.25, 0.3) is 15.9 Å². The Morgan fingerprint density at radius 2 is 1.69 bits per heavy atom. The molecule has 1 fully saturated rings. The molecule has 32 heavy (non-hydrogen) atoms. The summed E-state index contributed by atoms with van der Waals surface area (Å²) in [5.74, 6) is -12.5. The molecule has 0 bridgehead atoms. The van der Waals surface area contributed by atoms with Crippen molar-refractivity contribution in [2.24, 2.45) is 0 Å². The highest BCUT2D eigenvalue weighted by molar-refractivity contribution is 7.90. The predicted octanol–water partition coefficient (Wildman–Crippen LogP) is 4.52. The van der Waals surface area contributed by atoms with Crippen LogP contribution in [-0.4, -0.2) is 47.5 Å². The summed E-state index contributed by atoms with van der Waals surface area (Å²) in [4.78, 5) is 3.48. The van der Waals surface area contributed by atoms with Crippen molar-refractivity contribution in [3.8, 4) is 0 Å². The van der Waals surface area contributed by atoms with E-state index in [2.05, 4.69) is 10.1 Å². The van der Waals surface area contributed by atoms with Crippen LogP contribution in [0, 0.1) is 0 Å². The third kappa shape index (κ3) is 3.47. The van der Waals surface area contributed by atoms with Crippen LogP contribution in [0.1, 0.15) is 12.6 Å². The summed E-state index contributed by atoms with van der Waals surface area (Å²) in [5, 5.41) is 3.58. The Morgan fingerprint density at radius 3 is 2.22 bits per heavy atom. The fourth-order valence-corrected chi connectivity index (χ4v) is 4.77. The number of hydrogen-bond acceptors (Lipinski definition) is 5. The van der Waals surface area contributed by atoms with E-state index in [0.717, 1.165) is 12.1 Å². The van der Waals surface area contributed by atoms with Gasteiger partial charge in [0.2, 0.25) is 0 Å². The Labute approximate surface area is 182 Å². The second-order valence-electron chi connectivity index (χ2n) is 7.34. The van der Waals surface area contributed by atoms with Crippen LogP contribution in [0.25, 0.3) is 10.9 Å². The van der Waals surface area contributed by atoms with E-state index in [1.54, 1.807) is 0 Å². The highest BCUT2D eigenvalue weighted by atomic mass is 35.5. The van der Waals surface area contributed by atoms with Gasteiger partial charge in [-0.1, -0.05) is 17.7 Å². The van der Waals surface area contributed by atoms with Crippen LogP contribution in [0.5, 0.6) is 0 Å². The zero-order valence-electron chi connectivity index (χ0n) is 16.0. The molecule has 3 aromatic rings. The van der Waals surface area contributed by atoms with Gasteiger partial charge in [-0.3, -0.25) is 4.98 Å². The molecule has 3 heterocycles. The molecule has 0 atom stereocenters. The summed E-state index contributed by atoms with van der Waals surface area (Å²) in [6.07, 6.45) is 0.692. The molecular formula is C18H13ClF6N4O2S. The zero-order valence-corrected chi connectivity index (χ0v) is 17.6. The minimum Gasteiger partial charge on any atom is -0.342 e. The van der Waals surface area contributed by atoms with Gasteiger partial charge in [0.1, 0.15) is 10.6 Å². The van der Waals surface area contributed by atoms with E-state index >= 15 is 0 Å². The second-order valence-corrected chi connectivity index (χ2v) is 9.51. The SMILES string of the molecule is CC(F)(F)c1ccc(S(=O)(=O)n2nc(N3CC(F)(F)C(F)(F)C3)c3c(Cl)cccc32)cn1. The molecule has 0 amide bonds. The standard InChI is InChI=1S/C18H13ClF6N4O2S/c1-16(20,21)13-6-5-10(7-26-13)32(30,31)29-12-4-2-3-11(19)14(12)15(27-29)28-8-17(22,23)18(24,25)9-28/h2-7H,8-9H2,1H3. The van der Waals surface area contributed by atoms with E-state index < -0.39 is 57.3 Å². The minimum atomic E-state index is -4.57. The summed E-state index contributed by atoms with van der Waals surface area (Å²) in [5.41, 5.74) is -0.844. The Balaban J connectivity index is 1.87. The topological polar surface area (TPSA) is 68.1 Å². The van der Waals surface area contributed by atoms with Crippen LogP contribution in [0.4, 0.5) is 32.2 Å². The normalized spacial score (nSPS) is 18.4. The highest BCUT2D eigenvalue weighted by Crippen LogP contribution is 2.45. The van der Waals surface area contributed by atoms with Crippen molar-refractivity contribution in [2.45, 2.75) is 29.6 Å². The third-order valence-corrected chi connectivity index (χ3v) is 6.82. The van der Waals surface area contributed by atoms with Gasteiger partial charge in [-0.15, -0.1) is 5.10 Å². The van der Waals surface area contributed by atoms with Gasteiger partial charge in [-0.05, 0) is 24.3 Å². The molecule has 1 aliphatic heterocycles. The third-order valence-electron chi connectivity index (χ3n) is 4.93. The van der Waals surface area contributed by atoms with Gasteiger partial charge < -0.3 is 4.90 Å². The number of alkyl halides is 6. The Bertz CT molecular complexity index is 1290. The lowest BCUT2D eigenvalue weighted by molar-refractivity contribution is -0.172. The quantitative estimate of drug-likeness (QED) is 0.495. The largest absolute Gasteiger partial charge is 0.342 e. The molecule has 6 nitrogen and oxygen atoms in total. The molecule has 1 aromatic carbocycles. The number of fused-ring (bicyclic) bond motifs is 1. The van der Waals surface area contributed by atoms with Crippen molar-refractivity contribution in [2.75, 3.05) is 18.0 Å². The van der Waals surface area contributed by atoms with Crippen molar-refractivity contribution < 1.29 is 34.8 Å². The lowest BCUT2D eigenvalue weighted by atomic mass is 10.2. The van der Waals surface area contributed by atoms with Gasteiger partial charge in [0.05, 0.1) is 29.0 Å². The van der Waals surface area contributed by atoms with Crippen molar-refractivity contribution in [3.63, 3.8) is 0 Å². The lowest BCUT2D eigenvalue weighted by Gasteiger charge is -2.14. The van der Waals surface area contributed by atoms with Crippen LogP contribution in [0.2, 0.25) is 5.02 Å². The van der Waals surface area contributed by atoms with Crippen LogP contribution >= 0.6 is 11.6 Å². The molecule has 0 radical (unpaired) electrons. The fraction of sp³-hybridized carbons (Fsp3) is 0.333. The molecule has 0 saturated carbocycles. The monoisotopic (exact) mass is 498 g/mol. The van der Waals surface area contributed by atoms with Crippen LogP contribution in [-0.2, 0) is 15.9 Å². The number of halogens is 7. The molecule has 2 aromatic heterocycles. The number of pyridine rings is 1. The number of aromatic nitrogens is 3. The second kappa shape index (κ2) is 6.98. The smallest absolute Gasteiger partial charge is 0.329 e. The van der Waals surface area contributed by atoms with Crippen molar-refractivity contribution in [1.82, 2.24) is 14.2 Å². The maximum atomic E-state index is 13.8. The number of hydrogen-bond donors (Lipinski definition) is 0. The van der Waals surface area contributed by atoms with Crippen molar-refractivity contribution >= 4 is 38.3 Å². The molecule has 0 aliphatic carbocycles. The molecule has 1 saturated heterocycles. The maximum Gasteiger partial charge on any atom is 0.329 e. The van der Waals surface area contributed by atoms with E-state index in [-0.39, 0.29) is 15.9 Å². The van der Waals surface area contributed by atoms with E-state index in [4.69, 9.17) is 11.6 Å². The van der Waals surface area contributed by atoms with Crippen LogP contribution in [0.3, 0.4) is 0 Å². The van der Waals surface area contributed by atoms with E-state index in [0.29, 0.717) is 22.1 Å². The highest BCUT2D eigenvalue weighted by Gasteiger charge is 2.63. The van der Waals surface area contributed by atoms with E-state index in [1.807, 2.05) is 0 Å². The molecule has 0 spiro atoms. The number of rotatable bonds is 4. The average Bonchev–Trinajstić information content (AvgIpc) is 3.17. The first kappa shape index (κ1) is 22.6. The first-order valence-electron chi connectivity index (χ1n) is 8.93. The molecular weight excluding hydrogens is 486 g/mol. The fourth-order valence-electron chi connectivity index (χ4n) is 3.30. The van der Waals surface area contributed by atoms with E-state index in [9.17, 15) is 34.8 Å². The zero-order chi connectivity index (χ0) is 23.7. The van der Waals surface area contributed by atoms with Gasteiger partial charge in [-0.2, -0.15) is 38.8 Å². The average molecular weight is 499 g/mol. The molecule has 1 aliphatic rings. The number of nitrogens with zero attached hydrogens (tertiary/aromatic N) is 4. The summed E-state index contributed by atoms with van der Waals surface area (Å²) >= 11 is 6.12. The predicted molar refractivity (Wildman–Crippen MR) is 103 cm³/mol. The summed E-state index contributed by atoms with van der Waals surface area (Å²) < 4.78 is 108. The number of anilines is 1. The molecule has 172 valence electrons.